The first kappa shape index (κ1) is 40.6. The molecule has 59 heavy (non-hydrogen) atoms. The minimum absolute atomic E-state index is 0.0827. The molecule has 1 N–H and O–H groups in total. The third-order valence-corrected chi connectivity index (χ3v) is 11.6. The van der Waals surface area contributed by atoms with E-state index in [9.17, 15) is 5.11 Å². The van der Waals surface area contributed by atoms with E-state index in [1.807, 2.05) is 84.9 Å². The fraction of sp³-hybridized carbons (Fsp3) is 0.255. The van der Waals surface area contributed by atoms with Gasteiger partial charge in [0.1, 0.15) is 42.9 Å². The highest BCUT2D eigenvalue weighted by molar-refractivity contribution is 7.19. The van der Waals surface area contributed by atoms with E-state index in [0.717, 1.165) is 39.1 Å². The number of ether oxygens (including phenoxy) is 6. The van der Waals surface area contributed by atoms with E-state index < -0.39 is 30.5 Å². The van der Waals surface area contributed by atoms with Gasteiger partial charge in [0.15, 0.2) is 0 Å². The molecule has 0 saturated carbocycles. The maximum atomic E-state index is 9.73. The van der Waals surface area contributed by atoms with Crippen LogP contribution in [-0.4, -0.2) is 49.3 Å². The van der Waals surface area contributed by atoms with Gasteiger partial charge in [-0.05, 0) is 63.0 Å². The quantitative estimate of drug-likeness (QED) is 0.0872. The van der Waals surface area contributed by atoms with Crippen LogP contribution in [0.2, 0.25) is 0 Å². The normalized spacial score (nSPS) is 19.2. The summed E-state index contributed by atoms with van der Waals surface area (Å²) in [7, 11) is 0. The highest BCUT2D eigenvalue weighted by Gasteiger charge is 2.49. The maximum Gasteiger partial charge on any atom is 0.122 e. The minimum atomic E-state index is -0.577. The standard InChI is InChI=1S/C51H50O7S/c52-27-28-54-45-26-25-42(29-43(45)31-44-30-41-23-13-14-24-47(41)59-44)48-50(56-34-39-19-9-3-10-20-39)51(57-35-40-21-11-4-12-22-40)49(55-33-38-17-7-2-8-18-38)46(58-48)36-53-32-37-15-5-1-6-16-37/h1-26,29-30,46,48-52H,27-28,31-36H2/t46-,48+,49-,50+,51+/m1/s1. The number of hydrogen-bond donors (Lipinski definition) is 1. The van der Waals surface area contributed by atoms with Crippen molar-refractivity contribution in [2.45, 2.75) is 63.4 Å². The van der Waals surface area contributed by atoms with Gasteiger partial charge in [-0.2, -0.15) is 0 Å². The summed E-state index contributed by atoms with van der Waals surface area (Å²) in [5.74, 6) is 0.724. The summed E-state index contributed by atoms with van der Waals surface area (Å²) >= 11 is 1.77. The molecular weight excluding hydrogens is 757 g/mol. The molecule has 6 aromatic carbocycles. The van der Waals surface area contributed by atoms with E-state index in [4.69, 9.17) is 28.4 Å². The Labute approximate surface area is 350 Å². The largest absolute Gasteiger partial charge is 0.491 e. The molecule has 0 unspecified atom stereocenters. The number of hydrogen-bond acceptors (Lipinski definition) is 8. The van der Waals surface area contributed by atoms with Crippen molar-refractivity contribution in [1.82, 2.24) is 0 Å². The van der Waals surface area contributed by atoms with Gasteiger partial charge < -0.3 is 33.5 Å². The summed E-state index contributed by atoms with van der Waals surface area (Å²) in [5.41, 5.74) is 6.14. The lowest BCUT2D eigenvalue weighted by Crippen LogP contribution is -2.58. The van der Waals surface area contributed by atoms with Gasteiger partial charge in [-0.3, -0.25) is 0 Å². The molecule has 1 aromatic heterocycles. The van der Waals surface area contributed by atoms with Crippen LogP contribution in [0.15, 0.2) is 170 Å². The van der Waals surface area contributed by atoms with Gasteiger partial charge in [-0.1, -0.05) is 146 Å². The van der Waals surface area contributed by atoms with Gasteiger partial charge in [0, 0.05) is 16.0 Å². The summed E-state index contributed by atoms with van der Waals surface area (Å²) < 4.78 is 42.0. The molecule has 5 atom stereocenters. The molecule has 0 spiro atoms. The number of thiophene rings is 1. The van der Waals surface area contributed by atoms with Gasteiger partial charge in [0.2, 0.25) is 0 Å². The monoisotopic (exact) mass is 806 g/mol. The van der Waals surface area contributed by atoms with Crippen molar-refractivity contribution in [1.29, 1.82) is 0 Å². The molecule has 0 bridgehead atoms. The molecule has 0 radical (unpaired) electrons. The Morgan fingerprint density at radius 3 is 1.68 bits per heavy atom. The molecule has 302 valence electrons. The van der Waals surface area contributed by atoms with E-state index in [-0.39, 0.29) is 19.8 Å². The van der Waals surface area contributed by atoms with Crippen molar-refractivity contribution in [2.75, 3.05) is 19.8 Å². The number of aliphatic hydroxyl groups is 1. The molecule has 8 rings (SSSR count). The minimum Gasteiger partial charge on any atom is -0.491 e. The third-order valence-electron chi connectivity index (χ3n) is 10.5. The predicted molar refractivity (Wildman–Crippen MR) is 232 cm³/mol. The number of fused-ring (bicyclic) bond motifs is 1. The fourth-order valence-corrected chi connectivity index (χ4v) is 8.67. The van der Waals surface area contributed by atoms with Crippen molar-refractivity contribution in [3.8, 4) is 5.75 Å². The van der Waals surface area contributed by atoms with E-state index in [1.54, 1.807) is 11.3 Å². The van der Waals surface area contributed by atoms with Gasteiger partial charge in [-0.25, -0.2) is 0 Å². The zero-order valence-corrected chi connectivity index (χ0v) is 33.8. The van der Waals surface area contributed by atoms with Crippen molar-refractivity contribution < 1.29 is 33.5 Å². The number of aliphatic hydroxyl groups excluding tert-OH is 1. The van der Waals surface area contributed by atoms with Crippen LogP contribution in [0.25, 0.3) is 10.1 Å². The van der Waals surface area contributed by atoms with E-state index >= 15 is 0 Å². The topological polar surface area (TPSA) is 75.6 Å². The molecule has 0 aliphatic carbocycles. The first-order valence-corrected chi connectivity index (χ1v) is 21.1. The summed E-state index contributed by atoms with van der Waals surface area (Å²) in [4.78, 5) is 1.21. The lowest BCUT2D eigenvalue weighted by Gasteiger charge is -2.46. The first-order chi connectivity index (χ1) is 29.2. The average Bonchev–Trinajstić information content (AvgIpc) is 3.70. The summed E-state index contributed by atoms with van der Waals surface area (Å²) in [6.07, 6.45) is -2.10. The summed E-state index contributed by atoms with van der Waals surface area (Å²) in [5, 5.41) is 10.9. The van der Waals surface area contributed by atoms with Crippen molar-refractivity contribution in [3.63, 3.8) is 0 Å². The van der Waals surface area contributed by atoms with E-state index in [1.165, 1.54) is 15.0 Å². The van der Waals surface area contributed by atoms with Gasteiger partial charge in [0.25, 0.3) is 0 Å². The molecule has 1 aliphatic heterocycles. The Bertz CT molecular complexity index is 2270. The van der Waals surface area contributed by atoms with Crippen LogP contribution in [0.3, 0.4) is 0 Å². The van der Waals surface area contributed by atoms with Gasteiger partial charge >= 0.3 is 0 Å². The highest BCUT2D eigenvalue weighted by atomic mass is 32.1. The third kappa shape index (κ3) is 10.9. The Kier molecular flexibility index (Phi) is 14.2. The van der Waals surface area contributed by atoms with Crippen molar-refractivity contribution >= 4 is 21.4 Å². The molecule has 2 heterocycles. The van der Waals surface area contributed by atoms with Crippen LogP contribution in [0.1, 0.15) is 44.4 Å². The Balaban J connectivity index is 1.18. The average molecular weight is 807 g/mol. The Hall–Kier alpha value is -5.16. The second-order valence-corrected chi connectivity index (χ2v) is 15.9. The second-order valence-electron chi connectivity index (χ2n) is 14.7. The molecule has 7 nitrogen and oxygen atoms in total. The van der Waals surface area contributed by atoms with Crippen LogP contribution in [-0.2, 0) is 56.5 Å². The van der Waals surface area contributed by atoms with Crippen LogP contribution >= 0.6 is 11.3 Å². The Morgan fingerprint density at radius 2 is 1.08 bits per heavy atom. The maximum absolute atomic E-state index is 9.73. The Morgan fingerprint density at radius 1 is 0.542 bits per heavy atom. The summed E-state index contributed by atoms with van der Waals surface area (Å²) in [6.45, 7) is 1.88. The number of benzene rings is 6. The first-order valence-electron chi connectivity index (χ1n) is 20.3. The lowest BCUT2D eigenvalue weighted by atomic mass is 9.89. The van der Waals surface area contributed by atoms with Crippen LogP contribution in [0.4, 0.5) is 0 Å². The van der Waals surface area contributed by atoms with Crippen LogP contribution in [0.5, 0.6) is 5.75 Å². The van der Waals surface area contributed by atoms with Gasteiger partial charge in [0.05, 0.1) is 39.6 Å². The molecule has 1 aliphatic rings. The van der Waals surface area contributed by atoms with Crippen LogP contribution in [0, 0.1) is 0 Å². The van der Waals surface area contributed by atoms with Crippen molar-refractivity contribution in [3.05, 3.63) is 208 Å². The lowest BCUT2D eigenvalue weighted by molar-refractivity contribution is -0.275. The van der Waals surface area contributed by atoms with Gasteiger partial charge in [-0.15, -0.1) is 11.3 Å². The van der Waals surface area contributed by atoms with E-state index in [0.29, 0.717) is 32.8 Å². The molecule has 8 heteroatoms. The molecule has 0 amide bonds. The molecular formula is C51H50O7S. The SMILES string of the molecule is OCCOc1ccc([C@@H]2O[C@H](COCc3ccccc3)[C@@H](OCc3ccccc3)[C@H](OCc3ccccc3)[C@H]2OCc2ccccc2)cc1Cc1cc2ccccc2s1. The predicted octanol–water partition coefficient (Wildman–Crippen LogP) is 10.3. The molecule has 7 aromatic rings. The zero-order chi connectivity index (χ0) is 40.1. The van der Waals surface area contributed by atoms with Crippen LogP contribution < -0.4 is 4.74 Å². The highest BCUT2D eigenvalue weighted by Crippen LogP contribution is 2.41. The zero-order valence-electron chi connectivity index (χ0n) is 33.0. The smallest absolute Gasteiger partial charge is 0.122 e. The number of rotatable bonds is 19. The molecule has 1 fully saturated rings. The fourth-order valence-electron chi connectivity index (χ4n) is 7.58. The second kappa shape index (κ2) is 20.7. The van der Waals surface area contributed by atoms with Crippen molar-refractivity contribution in [2.24, 2.45) is 0 Å². The summed E-state index contributed by atoms with van der Waals surface area (Å²) in [6, 6.07) is 57.6. The van der Waals surface area contributed by atoms with E-state index in [2.05, 4.69) is 84.9 Å². The molecule has 1 saturated heterocycles.